The monoisotopic (exact) mass is 445 g/mol. The lowest BCUT2D eigenvalue weighted by Crippen LogP contribution is -2.56. The van der Waals surface area contributed by atoms with Crippen molar-refractivity contribution < 1.29 is 24.0 Å². The van der Waals surface area contributed by atoms with Gasteiger partial charge < -0.3 is 25.2 Å². The first-order valence-electron chi connectivity index (χ1n) is 10.3. The number of carbonyl (C=O) groups excluding carboxylic acids is 3. The second kappa shape index (κ2) is 12.6. The molecule has 11 heteroatoms. The van der Waals surface area contributed by atoms with Gasteiger partial charge in [-0.1, -0.05) is 6.92 Å². The van der Waals surface area contributed by atoms with Crippen LogP contribution >= 0.6 is 0 Å². The minimum atomic E-state index is -1.10. The molecule has 0 heterocycles. The second-order valence-electron chi connectivity index (χ2n) is 8.74. The van der Waals surface area contributed by atoms with E-state index in [0.29, 0.717) is 6.42 Å². The highest BCUT2D eigenvalue weighted by molar-refractivity contribution is 5.91. The molecule has 0 saturated carbocycles. The van der Waals surface area contributed by atoms with Crippen LogP contribution in [0.5, 0.6) is 0 Å². The Morgan fingerprint density at radius 3 is 2.03 bits per heavy atom. The largest absolute Gasteiger partial charge is 0.379 e. The molecule has 0 aliphatic heterocycles. The maximum atomic E-state index is 13.4. The highest BCUT2D eigenvalue weighted by Crippen LogP contribution is 2.21. The molecule has 2 N–H and O–H groups in total. The van der Waals surface area contributed by atoms with Crippen molar-refractivity contribution in [2.24, 2.45) is 5.73 Å². The number of likely N-dealkylation sites (N-methyl/N-ethyl adjacent to an activating group) is 3. The number of nitro groups is 1. The molecule has 0 rings (SSSR count). The van der Waals surface area contributed by atoms with Gasteiger partial charge in [0.05, 0.1) is 12.1 Å². The number of ether oxygens (including phenoxy) is 1. The fraction of sp³-hybridized carbons (Fsp3) is 0.850. The van der Waals surface area contributed by atoms with E-state index in [1.165, 1.54) is 31.0 Å². The third kappa shape index (κ3) is 9.18. The quantitative estimate of drug-likeness (QED) is 0.300. The molecule has 0 bridgehead atoms. The fourth-order valence-electron chi connectivity index (χ4n) is 3.26. The lowest BCUT2D eigenvalue weighted by molar-refractivity contribution is -0.524. The van der Waals surface area contributed by atoms with Gasteiger partial charge in [-0.3, -0.25) is 24.5 Å². The van der Waals surface area contributed by atoms with Crippen molar-refractivity contribution in [2.75, 3.05) is 41.8 Å². The average Bonchev–Trinajstić information content (AvgIpc) is 2.67. The van der Waals surface area contributed by atoms with E-state index in [2.05, 4.69) is 0 Å². The van der Waals surface area contributed by atoms with E-state index in [9.17, 15) is 24.5 Å². The minimum absolute atomic E-state index is 0.103. The van der Waals surface area contributed by atoms with Crippen LogP contribution in [0.15, 0.2) is 0 Å². The van der Waals surface area contributed by atoms with Gasteiger partial charge in [0.1, 0.15) is 12.1 Å². The first-order chi connectivity index (χ1) is 14.2. The number of hydrogen-bond donors (Lipinski definition) is 1. The van der Waals surface area contributed by atoms with E-state index in [-0.39, 0.29) is 31.7 Å². The van der Waals surface area contributed by atoms with Gasteiger partial charge in [0.15, 0.2) is 0 Å². The third-order valence-electron chi connectivity index (χ3n) is 5.36. The Morgan fingerprint density at radius 1 is 1.10 bits per heavy atom. The summed E-state index contributed by atoms with van der Waals surface area (Å²) in [6, 6.07) is -3.17. The number of amides is 3. The molecule has 1 unspecified atom stereocenters. The van der Waals surface area contributed by atoms with Crippen LogP contribution < -0.4 is 5.73 Å². The first kappa shape index (κ1) is 28.7. The Hall–Kier alpha value is -2.27. The van der Waals surface area contributed by atoms with E-state index in [1.54, 1.807) is 32.8 Å². The number of methoxy groups -OCH3 is 1. The maximum Gasteiger partial charge on any atom is 0.246 e. The predicted octanol–water partition coefficient (Wildman–Crippen LogP) is 0.338. The lowest BCUT2D eigenvalue weighted by Gasteiger charge is -2.36. The summed E-state index contributed by atoms with van der Waals surface area (Å²) in [6.07, 6.45) is 0.731. The zero-order chi connectivity index (χ0) is 24.5. The summed E-state index contributed by atoms with van der Waals surface area (Å²) in [4.78, 5) is 53.3. The summed E-state index contributed by atoms with van der Waals surface area (Å²) < 4.78 is 5.36. The van der Waals surface area contributed by atoms with Crippen molar-refractivity contribution >= 4 is 17.7 Å². The molecule has 3 atom stereocenters. The van der Waals surface area contributed by atoms with Crippen LogP contribution in [0.1, 0.15) is 46.5 Å². The highest BCUT2D eigenvalue weighted by Gasteiger charge is 2.39. The second-order valence-corrected chi connectivity index (χ2v) is 8.74. The highest BCUT2D eigenvalue weighted by atomic mass is 16.6. The van der Waals surface area contributed by atoms with Gasteiger partial charge >= 0.3 is 0 Å². The normalized spacial score (nSPS) is 14.6. The summed E-state index contributed by atoms with van der Waals surface area (Å²) in [5, 5.41) is 11.6. The van der Waals surface area contributed by atoms with E-state index < -0.39 is 40.5 Å². The maximum absolute atomic E-state index is 13.4. The van der Waals surface area contributed by atoms with E-state index in [4.69, 9.17) is 10.5 Å². The van der Waals surface area contributed by atoms with Crippen molar-refractivity contribution in [1.82, 2.24) is 14.7 Å². The molecule has 0 fully saturated rings. The predicted molar refractivity (Wildman–Crippen MR) is 117 cm³/mol. The summed E-state index contributed by atoms with van der Waals surface area (Å²) in [6.45, 7) is 5.45. The molecule has 0 aromatic rings. The van der Waals surface area contributed by atoms with Crippen LogP contribution in [0.4, 0.5) is 0 Å². The standard InChI is InChI=1S/C20H39N5O6/c1-9-10-17(26)23(6)15(11-14(25(29)30)13-22(4)5)19(28)24(7)16(18(21)27)12-20(2,3)31-8/h14-16H,9-13H2,1-8H3,(H2,21,27)/t14?,15-,16+/m1/s1. The molecular formula is C20H39N5O6. The van der Waals surface area contributed by atoms with Crippen LogP contribution in [0.25, 0.3) is 0 Å². The molecule has 180 valence electrons. The van der Waals surface area contributed by atoms with Gasteiger partial charge in [-0.2, -0.15) is 0 Å². The molecule has 0 aromatic carbocycles. The van der Waals surface area contributed by atoms with Gasteiger partial charge in [0.25, 0.3) is 0 Å². The SMILES string of the molecule is CCCC(=O)N(C)[C@H](CC(CN(C)C)[N+](=O)[O-])C(=O)N(C)[C@@H](CC(C)(C)OC)C(N)=O. The Bertz CT molecular complexity index is 640. The number of carbonyl (C=O) groups is 3. The summed E-state index contributed by atoms with van der Waals surface area (Å²) in [7, 11) is 7.76. The summed E-state index contributed by atoms with van der Waals surface area (Å²) >= 11 is 0. The summed E-state index contributed by atoms with van der Waals surface area (Å²) in [5.41, 5.74) is 4.82. The number of primary amides is 1. The first-order valence-corrected chi connectivity index (χ1v) is 10.3. The van der Waals surface area contributed by atoms with Gasteiger partial charge in [0.2, 0.25) is 23.8 Å². The Balaban J connectivity index is 6.00. The Kier molecular flexibility index (Phi) is 11.6. The minimum Gasteiger partial charge on any atom is -0.379 e. The van der Waals surface area contributed by atoms with Crippen molar-refractivity contribution in [3.05, 3.63) is 10.1 Å². The fourth-order valence-corrected chi connectivity index (χ4v) is 3.26. The molecule has 3 amide bonds. The van der Waals surface area contributed by atoms with Crippen LogP contribution in [0.3, 0.4) is 0 Å². The van der Waals surface area contributed by atoms with Crippen LogP contribution in [0.2, 0.25) is 0 Å². The number of nitrogens with zero attached hydrogens (tertiary/aromatic N) is 4. The zero-order valence-electron chi connectivity index (χ0n) is 20.1. The number of rotatable bonds is 14. The van der Waals surface area contributed by atoms with Gasteiger partial charge in [-0.15, -0.1) is 0 Å². The Morgan fingerprint density at radius 2 is 1.65 bits per heavy atom. The van der Waals surface area contributed by atoms with E-state index >= 15 is 0 Å². The number of nitrogens with two attached hydrogens (primary N) is 1. The molecule has 0 saturated heterocycles. The molecule has 0 aliphatic rings. The smallest absolute Gasteiger partial charge is 0.246 e. The van der Waals surface area contributed by atoms with Crippen molar-refractivity contribution in [1.29, 1.82) is 0 Å². The molecule has 11 nitrogen and oxygen atoms in total. The molecule has 0 aromatic heterocycles. The van der Waals surface area contributed by atoms with Gasteiger partial charge in [0, 0.05) is 45.4 Å². The third-order valence-corrected chi connectivity index (χ3v) is 5.36. The van der Waals surface area contributed by atoms with Gasteiger partial charge in [-0.05, 0) is 34.4 Å². The van der Waals surface area contributed by atoms with Crippen LogP contribution in [0, 0.1) is 10.1 Å². The van der Waals surface area contributed by atoms with Gasteiger partial charge in [-0.25, -0.2) is 0 Å². The van der Waals surface area contributed by atoms with E-state index in [1.807, 2.05) is 6.92 Å². The molecule has 0 spiro atoms. The van der Waals surface area contributed by atoms with Crippen LogP contribution in [-0.4, -0.2) is 103 Å². The molecule has 0 aliphatic carbocycles. The topological polar surface area (TPSA) is 139 Å². The zero-order valence-corrected chi connectivity index (χ0v) is 20.1. The Labute approximate surface area is 185 Å². The lowest BCUT2D eigenvalue weighted by atomic mass is 9.96. The molecule has 0 radical (unpaired) electrons. The summed E-state index contributed by atoms with van der Waals surface area (Å²) in [5.74, 6) is -1.59. The van der Waals surface area contributed by atoms with Crippen molar-refractivity contribution in [3.8, 4) is 0 Å². The van der Waals surface area contributed by atoms with Crippen molar-refractivity contribution in [2.45, 2.75) is 70.2 Å². The molecule has 31 heavy (non-hydrogen) atoms. The molecular weight excluding hydrogens is 406 g/mol. The van der Waals surface area contributed by atoms with E-state index in [0.717, 1.165) is 0 Å². The average molecular weight is 446 g/mol. The van der Waals surface area contributed by atoms with Crippen LogP contribution in [-0.2, 0) is 19.1 Å². The number of hydrogen-bond acceptors (Lipinski definition) is 7. The van der Waals surface area contributed by atoms with Crippen molar-refractivity contribution in [3.63, 3.8) is 0 Å².